The van der Waals surface area contributed by atoms with Crippen LogP contribution in [0.25, 0.3) is 0 Å². The molecule has 0 amide bonds. The Morgan fingerprint density at radius 2 is 0.541 bits per heavy atom. The van der Waals surface area contributed by atoms with E-state index in [1.807, 2.05) is 0 Å². The molecule has 0 fully saturated rings. The minimum Gasteiger partial charge on any atom is -0.462 e. The molecule has 360 valence electrons. The molecule has 6 nitrogen and oxygen atoms in total. The van der Waals surface area contributed by atoms with E-state index in [2.05, 4.69) is 32.9 Å². The molecule has 0 heterocycles. The van der Waals surface area contributed by atoms with E-state index in [0.29, 0.717) is 19.3 Å². The number of carbonyl (C=O) groups is 3. The summed E-state index contributed by atoms with van der Waals surface area (Å²) in [5, 5.41) is 0. The number of hydrogen-bond donors (Lipinski definition) is 0. The summed E-state index contributed by atoms with van der Waals surface area (Å²) in [5.74, 6) is -0.876. The Balaban J connectivity index is 4.01. The highest BCUT2D eigenvalue weighted by Gasteiger charge is 2.19. The van der Waals surface area contributed by atoms with Crippen molar-refractivity contribution in [1.82, 2.24) is 0 Å². The van der Waals surface area contributed by atoms with Crippen LogP contribution in [-0.2, 0) is 28.6 Å². The molecule has 0 aromatic carbocycles. The second kappa shape index (κ2) is 50.8. The number of esters is 3. The predicted molar refractivity (Wildman–Crippen MR) is 261 cm³/mol. The van der Waals surface area contributed by atoms with Crippen molar-refractivity contribution < 1.29 is 28.6 Å². The average molecular weight is 861 g/mol. The number of allylic oxidation sites excluding steroid dienone is 2. The van der Waals surface area contributed by atoms with Gasteiger partial charge < -0.3 is 14.2 Å². The fourth-order valence-corrected chi connectivity index (χ4v) is 8.14. The third-order valence-electron chi connectivity index (χ3n) is 12.3. The molecule has 0 aliphatic carbocycles. The Bertz CT molecular complexity index is 947. The molecule has 0 N–H and O–H groups in total. The standard InChI is InChI=1S/C55H104O6/c1-4-7-10-13-15-17-19-21-23-24-25-26-27-28-29-30-31-32-34-35-37-39-42-45-48-54(57)60-51-52(50-59-53(56)47-44-41-12-9-6-3)61-55(58)49-46-43-40-38-36-33-22-20-18-16-14-11-8-5-2/h20,22,52H,4-19,21,23-51H2,1-3H3/b22-20-. The van der Waals surface area contributed by atoms with Crippen LogP contribution < -0.4 is 0 Å². The van der Waals surface area contributed by atoms with Gasteiger partial charge in [-0.15, -0.1) is 0 Å². The Kier molecular flexibility index (Phi) is 49.3. The maximum absolute atomic E-state index is 12.7. The van der Waals surface area contributed by atoms with Crippen molar-refractivity contribution in [2.24, 2.45) is 0 Å². The number of ether oxygens (including phenoxy) is 3. The van der Waals surface area contributed by atoms with E-state index in [1.54, 1.807) is 0 Å². The number of hydrogen-bond acceptors (Lipinski definition) is 6. The summed E-state index contributed by atoms with van der Waals surface area (Å²) in [6.07, 6.45) is 56.8. The van der Waals surface area contributed by atoms with Gasteiger partial charge in [0, 0.05) is 19.3 Å². The van der Waals surface area contributed by atoms with Crippen LogP contribution in [0.5, 0.6) is 0 Å². The topological polar surface area (TPSA) is 78.9 Å². The minimum absolute atomic E-state index is 0.0694. The first-order valence-electron chi connectivity index (χ1n) is 27.2. The normalized spacial score (nSPS) is 12.0. The summed E-state index contributed by atoms with van der Waals surface area (Å²) in [4.78, 5) is 37.7. The van der Waals surface area contributed by atoms with E-state index in [9.17, 15) is 14.4 Å². The van der Waals surface area contributed by atoms with Crippen molar-refractivity contribution in [1.29, 1.82) is 0 Å². The molecule has 0 saturated heterocycles. The van der Waals surface area contributed by atoms with Crippen LogP contribution >= 0.6 is 0 Å². The predicted octanol–water partition coefficient (Wildman–Crippen LogP) is 17.8. The van der Waals surface area contributed by atoms with Crippen LogP contribution in [0.15, 0.2) is 12.2 Å². The third-order valence-corrected chi connectivity index (χ3v) is 12.3. The molecule has 0 spiro atoms. The van der Waals surface area contributed by atoms with Crippen molar-refractivity contribution in [3.8, 4) is 0 Å². The monoisotopic (exact) mass is 861 g/mol. The number of carbonyl (C=O) groups excluding carboxylic acids is 3. The zero-order valence-corrected chi connectivity index (χ0v) is 41.2. The average Bonchev–Trinajstić information content (AvgIpc) is 3.26. The van der Waals surface area contributed by atoms with Crippen LogP contribution in [-0.4, -0.2) is 37.2 Å². The lowest BCUT2D eigenvalue weighted by atomic mass is 10.0. The zero-order chi connectivity index (χ0) is 44.4. The van der Waals surface area contributed by atoms with Gasteiger partial charge in [0.1, 0.15) is 13.2 Å². The van der Waals surface area contributed by atoms with Gasteiger partial charge in [0.2, 0.25) is 0 Å². The highest BCUT2D eigenvalue weighted by Crippen LogP contribution is 2.17. The van der Waals surface area contributed by atoms with Crippen LogP contribution in [0.2, 0.25) is 0 Å². The third kappa shape index (κ3) is 49.0. The van der Waals surface area contributed by atoms with E-state index in [0.717, 1.165) is 70.6 Å². The molecule has 0 rings (SSSR count). The second-order valence-electron chi connectivity index (χ2n) is 18.5. The van der Waals surface area contributed by atoms with Gasteiger partial charge >= 0.3 is 17.9 Å². The lowest BCUT2D eigenvalue weighted by molar-refractivity contribution is -0.167. The van der Waals surface area contributed by atoms with E-state index in [1.165, 1.54) is 193 Å². The van der Waals surface area contributed by atoms with Crippen LogP contribution in [0.4, 0.5) is 0 Å². The summed E-state index contributed by atoms with van der Waals surface area (Å²) in [6, 6.07) is 0. The second-order valence-corrected chi connectivity index (χ2v) is 18.5. The summed E-state index contributed by atoms with van der Waals surface area (Å²) in [7, 11) is 0. The van der Waals surface area contributed by atoms with Gasteiger partial charge in [0.05, 0.1) is 0 Å². The molecular formula is C55H104O6. The van der Waals surface area contributed by atoms with Crippen LogP contribution in [0.3, 0.4) is 0 Å². The number of rotatable bonds is 50. The molecule has 0 saturated carbocycles. The van der Waals surface area contributed by atoms with Gasteiger partial charge in [-0.25, -0.2) is 0 Å². The molecule has 0 bridgehead atoms. The summed E-state index contributed by atoms with van der Waals surface area (Å²) in [6.45, 7) is 6.58. The highest BCUT2D eigenvalue weighted by atomic mass is 16.6. The summed E-state index contributed by atoms with van der Waals surface area (Å²) >= 11 is 0. The van der Waals surface area contributed by atoms with Gasteiger partial charge in [0.25, 0.3) is 0 Å². The van der Waals surface area contributed by atoms with E-state index in [4.69, 9.17) is 14.2 Å². The van der Waals surface area contributed by atoms with E-state index >= 15 is 0 Å². The molecule has 61 heavy (non-hydrogen) atoms. The van der Waals surface area contributed by atoms with Gasteiger partial charge in [-0.05, 0) is 44.9 Å². The van der Waals surface area contributed by atoms with Gasteiger partial charge in [0.15, 0.2) is 6.10 Å². The molecule has 0 radical (unpaired) electrons. The molecule has 1 unspecified atom stereocenters. The maximum atomic E-state index is 12.7. The first kappa shape index (κ1) is 59.1. The minimum atomic E-state index is -0.766. The Labute approximate surface area is 380 Å². The molecule has 6 heteroatoms. The van der Waals surface area contributed by atoms with Gasteiger partial charge in [-0.2, -0.15) is 0 Å². The lowest BCUT2D eigenvalue weighted by Crippen LogP contribution is -2.30. The van der Waals surface area contributed by atoms with Crippen molar-refractivity contribution in [3.63, 3.8) is 0 Å². The van der Waals surface area contributed by atoms with Crippen LogP contribution in [0.1, 0.15) is 303 Å². The fraction of sp³-hybridized carbons (Fsp3) is 0.909. The Hall–Kier alpha value is -1.85. The van der Waals surface area contributed by atoms with Gasteiger partial charge in [-0.3, -0.25) is 14.4 Å². The fourth-order valence-electron chi connectivity index (χ4n) is 8.14. The van der Waals surface area contributed by atoms with Crippen molar-refractivity contribution >= 4 is 17.9 Å². The Morgan fingerprint density at radius 1 is 0.311 bits per heavy atom. The molecule has 0 aromatic rings. The summed E-state index contributed by atoms with van der Waals surface area (Å²) in [5.41, 5.74) is 0. The quantitative estimate of drug-likeness (QED) is 0.0262. The molecule has 0 aliphatic rings. The van der Waals surface area contributed by atoms with Crippen molar-refractivity contribution in [2.75, 3.05) is 13.2 Å². The summed E-state index contributed by atoms with van der Waals surface area (Å²) < 4.78 is 16.7. The van der Waals surface area contributed by atoms with E-state index < -0.39 is 6.10 Å². The number of unbranched alkanes of at least 4 members (excludes halogenated alkanes) is 37. The van der Waals surface area contributed by atoms with Crippen molar-refractivity contribution in [3.05, 3.63) is 12.2 Å². The maximum Gasteiger partial charge on any atom is 0.306 e. The van der Waals surface area contributed by atoms with Crippen LogP contribution in [0, 0.1) is 0 Å². The van der Waals surface area contributed by atoms with Gasteiger partial charge in [-0.1, -0.05) is 251 Å². The molecule has 0 aromatic heterocycles. The molecule has 0 aliphatic heterocycles. The highest BCUT2D eigenvalue weighted by molar-refractivity contribution is 5.71. The van der Waals surface area contributed by atoms with E-state index in [-0.39, 0.29) is 31.1 Å². The lowest BCUT2D eigenvalue weighted by Gasteiger charge is -2.18. The van der Waals surface area contributed by atoms with Crippen molar-refractivity contribution in [2.45, 2.75) is 309 Å². The Morgan fingerprint density at radius 3 is 0.820 bits per heavy atom. The molecule has 1 atom stereocenters. The zero-order valence-electron chi connectivity index (χ0n) is 41.2. The first-order chi connectivity index (χ1) is 30.0. The smallest absolute Gasteiger partial charge is 0.306 e. The largest absolute Gasteiger partial charge is 0.462 e. The SMILES string of the molecule is CCCCCCC/C=C\CCCCCCCC(=O)OC(COC(=O)CCCCCCC)COC(=O)CCCCCCCCCCCCCCCCCCCCCCCCCC. The first-order valence-corrected chi connectivity index (χ1v) is 27.2. The molecular weight excluding hydrogens is 757 g/mol.